The van der Waals surface area contributed by atoms with Crippen molar-refractivity contribution in [2.24, 2.45) is 5.73 Å². The minimum absolute atomic E-state index is 0. The summed E-state index contributed by atoms with van der Waals surface area (Å²) in [7, 11) is 0. The number of nitrogens with zero attached hydrogens (tertiary/aromatic N) is 1. The van der Waals surface area contributed by atoms with Gasteiger partial charge in [0.1, 0.15) is 0 Å². The van der Waals surface area contributed by atoms with Crippen molar-refractivity contribution in [3.05, 3.63) is 18.2 Å². The van der Waals surface area contributed by atoms with E-state index in [1.54, 1.807) is 12.5 Å². The molecule has 12 heavy (non-hydrogen) atoms. The second-order valence-corrected chi connectivity index (χ2v) is 2.50. The van der Waals surface area contributed by atoms with Gasteiger partial charge in [-0.05, 0) is 0 Å². The van der Waals surface area contributed by atoms with E-state index in [4.69, 9.17) is 17.3 Å². The molecule has 0 spiro atoms. The normalized spacial score (nSPS) is 11.2. The highest BCUT2D eigenvalue weighted by atomic mass is 35.5. The SMILES string of the molecule is Cl.Cl.N[C@@H](CCl)Cc1cnc[nH]1. The Kier molecular flexibility index (Phi) is 9.31. The molecule has 0 saturated carbocycles. The zero-order valence-electron chi connectivity index (χ0n) is 6.37. The van der Waals surface area contributed by atoms with Crippen molar-refractivity contribution in [1.82, 2.24) is 9.97 Å². The van der Waals surface area contributed by atoms with E-state index in [1.807, 2.05) is 0 Å². The summed E-state index contributed by atoms with van der Waals surface area (Å²) in [6.07, 6.45) is 4.16. The number of H-pyrrole nitrogens is 1. The van der Waals surface area contributed by atoms with Gasteiger partial charge in [-0.15, -0.1) is 36.4 Å². The Bertz CT molecular complexity index is 178. The van der Waals surface area contributed by atoms with Crippen LogP contribution in [0.25, 0.3) is 0 Å². The molecule has 72 valence electrons. The number of imidazole rings is 1. The second kappa shape index (κ2) is 7.68. The van der Waals surface area contributed by atoms with Crippen molar-refractivity contribution in [3.63, 3.8) is 0 Å². The van der Waals surface area contributed by atoms with Crippen molar-refractivity contribution >= 4 is 36.4 Å². The third kappa shape index (κ3) is 4.83. The third-order valence-corrected chi connectivity index (χ3v) is 1.63. The Morgan fingerprint density at radius 1 is 1.58 bits per heavy atom. The van der Waals surface area contributed by atoms with Crippen LogP contribution >= 0.6 is 36.4 Å². The smallest absolute Gasteiger partial charge is 0.0921 e. The van der Waals surface area contributed by atoms with Crippen LogP contribution in [0.3, 0.4) is 0 Å². The first kappa shape index (κ1) is 14.6. The molecule has 0 aromatic carbocycles. The molecule has 0 unspecified atom stereocenters. The van der Waals surface area contributed by atoms with Crippen molar-refractivity contribution in [2.75, 3.05) is 5.88 Å². The topological polar surface area (TPSA) is 54.7 Å². The van der Waals surface area contributed by atoms with Crippen molar-refractivity contribution in [2.45, 2.75) is 12.5 Å². The molecule has 0 saturated heterocycles. The molecule has 0 aliphatic heterocycles. The first-order valence-corrected chi connectivity index (χ1v) is 3.65. The molecule has 3 N–H and O–H groups in total. The van der Waals surface area contributed by atoms with Crippen LogP contribution in [-0.4, -0.2) is 21.9 Å². The van der Waals surface area contributed by atoms with E-state index in [0.717, 1.165) is 12.1 Å². The zero-order chi connectivity index (χ0) is 7.40. The molecular formula is C6H12Cl3N3. The van der Waals surface area contributed by atoms with Crippen LogP contribution in [0.15, 0.2) is 12.5 Å². The van der Waals surface area contributed by atoms with Crippen LogP contribution in [0.2, 0.25) is 0 Å². The third-order valence-electron chi connectivity index (χ3n) is 1.24. The largest absolute Gasteiger partial charge is 0.348 e. The number of halogens is 3. The fourth-order valence-electron chi connectivity index (χ4n) is 0.733. The Hall–Kier alpha value is 0.0400. The Morgan fingerprint density at radius 2 is 2.25 bits per heavy atom. The highest BCUT2D eigenvalue weighted by Crippen LogP contribution is 1.96. The molecule has 3 nitrogen and oxygen atoms in total. The first-order valence-electron chi connectivity index (χ1n) is 3.11. The van der Waals surface area contributed by atoms with Gasteiger partial charge in [-0.1, -0.05) is 0 Å². The van der Waals surface area contributed by atoms with Gasteiger partial charge in [0.25, 0.3) is 0 Å². The van der Waals surface area contributed by atoms with Crippen LogP contribution in [0, 0.1) is 0 Å². The van der Waals surface area contributed by atoms with Crippen molar-refractivity contribution in [1.29, 1.82) is 0 Å². The number of nitrogens with two attached hydrogens (primary N) is 1. The summed E-state index contributed by atoms with van der Waals surface area (Å²) in [5.41, 5.74) is 6.62. The number of alkyl halides is 1. The van der Waals surface area contributed by atoms with Crippen molar-refractivity contribution < 1.29 is 0 Å². The zero-order valence-corrected chi connectivity index (χ0v) is 8.75. The molecule has 1 aromatic heterocycles. The standard InChI is InChI=1S/C6H10ClN3.2ClH/c7-2-5(8)1-6-3-9-4-10-6;;/h3-5H,1-2,8H2,(H,9,10);2*1H/t5-;;/m1../s1. The van der Waals surface area contributed by atoms with E-state index in [1.165, 1.54) is 0 Å². The summed E-state index contributed by atoms with van der Waals surface area (Å²) in [6.45, 7) is 0. The molecule has 0 fully saturated rings. The molecule has 0 radical (unpaired) electrons. The van der Waals surface area contributed by atoms with Gasteiger partial charge in [0.05, 0.1) is 6.33 Å². The molecule has 0 aliphatic rings. The molecule has 1 heterocycles. The van der Waals surface area contributed by atoms with Crippen LogP contribution in [-0.2, 0) is 6.42 Å². The van der Waals surface area contributed by atoms with E-state index in [9.17, 15) is 0 Å². The molecule has 1 atom stereocenters. The molecular weight excluding hydrogens is 220 g/mol. The lowest BCUT2D eigenvalue weighted by Crippen LogP contribution is -2.24. The number of hydrogen-bond acceptors (Lipinski definition) is 2. The van der Waals surface area contributed by atoms with E-state index in [-0.39, 0.29) is 30.9 Å². The van der Waals surface area contributed by atoms with Gasteiger partial charge < -0.3 is 10.7 Å². The Balaban J connectivity index is 0. The van der Waals surface area contributed by atoms with E-state index >= 15 is 0 Å². The van der Waals surface area contributed by atoms with Gasteiger partial charge in [-0.2, -0.15) is 0 Å². The summed E-state index contributed by atoms with van der Waals surface area (Å²) in [4.78, 5) is 6.81. The van der Waals surface area contributed by atoms with Crippen LogP contribution in [0.4, 0.5) is 0 Å². The molecule has 0 amide bonds. The van der Waals surface area contributed by atoms with Gasteiger partial charge in [0, 0.05) is 30.2 Å². The maximum atomic E-state index is 5.58. The lowest BCUT2D eigenvalue weighted by atomic mass is 10.2. The minimum Gasteiger partial charge on any atom is -0.348 e. The number of rotatable bonds is 3. The predicted molar refractivity (Wildman–Crippen MR) is 55.5 cm³/mol. The summed E-state index contributed by atoms with van der Waals surface area (Å²) >= 11 is 5.51. The number of hydrogen-bond donors (Lipinski definition) is 2. The fraction of sp³-hybridized carbons (Fsp3) is 0.500. The Morgan fingerprint density at radius 3 is 2.67 bits per heavy atom. The van der Waals surface area contributed by atoms with Crippen LogP contribution < -0.4 is 5.73 Å². The summed E-state index contributed by atoms with van der Waals surface area (Å²) in [6, 6.07) is 0.0297. The van der Waals surface area contributed by atoms with Crippen molar-refractivity contribution in [3.8, 4) is 0 Å². The fourth-order valence-corrected chi connectivity index (χ4v) is 0.842. The van der Waals surface area contributed by atoms with Gasteiger partial charge in [-0.3, -0.25) is 0 Å². The number of nitrogens with one attached hydrogen (secondary N) is 1. The molecule has 0 aliphatic carbocycles. The quantitative estimate of drug-likeness (QED) is 0.773. The van der Waals surface area contributed by atoms with Gasteiger partial charge in [-0.25, -0.2) is 4.98 Å². The van der Waals surface area contributed by atoms with Gasteiger partial charge >= 0.3 is 0 Å². The monoisotopic (exact) mass is 231 g/mol. The molecule has 1 aromatic rings. The lowest BCUT2D eigenvalue weighted by molar-refractivity contribution is 0.732. The van der Waals surface area contributed by atoms with E-state index in [2.05, 4.69) is 9.97 Å². The maximum absolute atomic E-state index is 5.58. The van der Waals surface area contributed by atoms with Gasteiger partial charge in [0.2, 0.25) is 0 Å². The van der Waals surface area contributed by atoms with E-state index in [0.29, 0.717) is 5.88 Å². The van der Waals surface area contributed by atoms with E-state index < -0.39 is 0 Å². The lowest BCUT2D eigenvalue weighted by Gasteiger charge is -2.03. The summed E-state index contributed by atoms with van der Waals surface area (Å²) in [5, 5.41) is 0. The number of aromatic nitrogens is 2. The first-order chi connectivity index (χ1) is 4.83. The average molecular weight is 233 g/mol. The predicted octanol–water partition coefficient (Wildman–Crippen LogP) is 1.36. The molecule has 1 rings (SSSR count). The van der Waals surface area contributed by atoms with Crippen LogP contribution in [0.5, 0.6) is 0 Å². The molecule has 0 bridgehead atoms. The summed E-state index contributed by atoms with van der Waals surface area (Å²) < 4.78 is 0. The highest BCUT2D eigenvalue weighted by molar-refractivity contribution is 6.18. The molecule has 6 heteroatoms. The number of aromatic amines is 1. The maximum Gasteiger partial charge on any atom is 0.0921 e. The Labute approximate surface area is 88.9 Å². The second-order valence-electron chi connectivity index (χ2n) is 2.20. The minimum atomic E-state index is 0. The highest BCUT2D eigenvalue weighted by Gasteiger charge is 2.01. The average Bonchev–Trinajstić information content (AvgIpc) is 2.40. The summed E-state index contributed by atoms with van der Waals surface area (Å²) in [5.74, 6) is 0.485. The van der Waals surface area contributed by atoms with Gasteiger partial charge in [0.15, 0.2) is 0 Å². The van der Waals surface area contributed by atoms with Crippen LogP contribution in [0.1, 0.15) is 5.69 Å².